The van der Waals surface area contributed by atoms with E-state index >= 15 is 0 Å². The van der Waals surface area contributed by atoms with Gasteiger partial charge in [-0.25, -0.2) is 0 Å². The molecular formula is C19H18N4O3. The second-order valence-corrected chi connectivity index (χ2v) is 6.36. The number of nitrogens with zero attached hydrogens (tertiary/aromatic N) is 2. The first-order valence-electron chi connectivity index (χ1n) is 8.68. The second kappa shape index (κ2) is 6.34. The zero-order valence-electron chi connectivity index (χ0n) is 14.1. The molecule has 0 bridgehead atoms. The van der Waals surface area contributed by atoms with E-state index in [4.69, 9.17) is 13.9 Å². The maximum Gasteiger partial charge on any atom is 0.178 e. The average molecular weight is 350 g/mol. The summed E-state index contributed by atoms with van der Waals surface area (Å²) < 4.78 is 17.2. The Morgan fingerprint density at radius 3 is 3.19 bits per heavy atom. The van der Waals surface area contributed by atoms with Gasteiger partial charge in [-0.1, -0.05) is 0 Å². The lowest BCUT2D eigenvalue weighted by atomic mass is 10.1. The number of aromatic amines is 1. The molecular weight excluding hydrogens is 332 g/mol. The van der Waals surface area contributed by atoms with Gasteiger partial charge in [-0.05, 0) is 37.1 Å². The third kappa shape index (κ3) is 2.76. The van der Waals surface area contributed by atoms with E-state index in [2.05, 4.69) is 20.5 Å². The molecule has 0 aliphatic carbocycles. The Morgan fingerprint density at radius 2 is 2.27 bits per heavy atom. The molecule has 0 radical (unpaired) electrons. The number of fused-ring (bicyclic) bond motifs is 2. The molecule has 1 aliphatic heterocycles. The predicted molar refractivity (Wildman–Crippen MR) is 97.9 cm³/mol. The highest BCUT2D eigenvalue weighted by molar-refractivity contribution is 5.90. The molecule has 1 aliphatic rings. The molecule has 1 saturated heterocycles. The van der Waals surface area contributed by atoms with Gasteiger partial charge in [0.2, 0.25) is 0 Å². The molecule has 0 saturated carbocycles. The zero-order chi connectivity index (χ0) is 17.3. The first-order chi connectivity index (χ1) is 12.9. The van der Waals surface area contributed by atoms with Gasteiger partial charge in [0, 0.05) is 24.6 Å². The number of aromatic nitrogens is 3. The van der Waals surface area contributed by atoms with Crippen LogP contribution in [0.5, 0.6) is 5.75 Å². The largest absolute Gasteiger partial charge is 0.484 e. The monoisotopic (exact) mass is 350 g/mol. The van der Waals surface area contributed by atoms with Crippen LogP contribution in [0.15, 0.2) is 47.2 Å². The van der Waals surface area contributed by atoms with Gasteiger partial charge in [0.05, 0.1) is 17.5 Å². The molecule has 26 heavy (non-hydrogen) atoms. The number of nitrogens with one attached hydrogen (secondary N) is 2. The van der Waals surface area contributed by atoms with E-state index in [0.29, 0.717) is 12.4 Å². The Hall–Kier alpha value is -3.06. The van der Waals surface area contributed by atoms with Crippen molar-refractivity contribution in [2.75, 3.05) is 18.5 Å². The van der Waals surface area contributed by atoms with Crippen LogP contribution >= 0.6 is 0 Å². The van der Waals surface area contributed by atoms with Crippen LogP contribution in [0.25, 0.3) is 22.0 Å². The molecule has 1 fully saturated rings. The van der Waals surface area contributed by atoms with Crippen molar-refractivity contribution in [2.24, 2.45) is 0 Å². The highest BCUT2D eigenvalue weighted by atomic mass is 16.5. The number of hydrogen-bond donors (Lipinski definition) is 2. The number of pyridine rings is 1. The van der Waals surface area contributed by atoms with Gasteiger partial charge < -0.3 is 19.2 Å². The number of rotatable bonds is 4. The maximum atomic E-state index is 6.05. The van der Waals surface area contributed by atoms with Crippen molar-refractivity contribution < 1.29 is 13.9 Å². The van der Waals surface area contributed by atoms with Crippen molar-refractivity contribution in [1.29, 1.82) is 0 Å². The number of benzene rings is 1. The summed E-state index contributed by atoms with van der Waals surface area (Å²) >= 11 is 0. The quantitative estimate of drug-likeness (QED) is 0.578. The van der Waals surface area contributed by atoms with Crippen LogP contribution in [0.3, 0.4) is 0 Å². The third-order valence-corrected chi connectivity index (χ3v) is 4.54. The Morgan fingerprint density at radius 1 is 1.27 bits per heavy atom. The van der Waals surface area contributed by atoms with Gasteiger partial charge in [-0.15, -0.1) is 0 Å². The molecule has 4 heterocycles. The van der Waals surface area contributed by atoms with Crippen LogP contribution in [-0.4, -0.2) is 34.5 Å². The van der Waals surface area contributed by atoms with Gasteiger partial charge in [0.25, 0.3) is 0 Å². The Bertz CT molecular complexity index is 1050. The minimum absolute atomic E-state index is 0.0869. The molecule has 1 aromatic carbocycles. The standard InChI is InChI=1S/C19H18N4O3/c1-4-15-18(20-7-1)19(23-22-15)21-12-5-6-14-16(9-12)25-11-17(14)26-13-3-2-8-24-10-13/h1,4-7,9,11,13H,2-3,8,10H2,(H2,21,22,23). The Labute approximate surface area is 149 Å². The molecule has 2 N–H and O–H groups in total. The topological polar surface area (TPSA) is 85.2 Å². The first kappa shape index (κ1) is 15.2. The van der Waals surface area contributed by atoms with Crippen molar-refractivity contribution in [3.05, 3.63) is 42.8 Å². The van der Waals surface area contributed by atoms with Gasteiger partial charge in [0.1, 0.15) is 23.5 Å². The summed E-state index contributed by atoms with van der Waals surface area (Å²) in [6, 6.07) is 9.71. The van der Waals surface area contributed by atoms with E-state index < -0.39 is 0 Å². The second-order valence-electron chi connectivity index (χ2n) is 6.36. The fourth-order valence-corrected chi connectivity index (χ4v) is 3.23. The highest BCUT2D eigenvalue weighted by Gasteiger charge is 2.18. The SMILES string of the molecule is c1cnc2c(Nc3ccc4c(OC5CCCOC5)coc4c3)n[nH]c2c1. The Balaban J connectivity index is 1.40. The summed E-state index contributed by atoms with van der Waals surface area (Å²) in [6.07, 6.45) is 5.53. The molecule has 132 valence electrons. The van der Waals surface area contributed by atoms with Crippen LogP contribution in [0, 0.1) is 0 Å². The highest BCUT2D eigenvalue weighted by Crippen LogP contribution is 2.33. The van der Waals surface area contributed by atoms with Crippen molar-refractivity contribution >= 4 is 33.5 Å². The fraction of sp³-hybridized carbons (Fsp3) is 0.263. The van der Waals surface area contributed by atoms with Gasteiger partial charge in [0.15, 0.2) is 11.6 Å². The minimum Gasteiger partial charge on any atom is -0.484 e. The summed E-state index contributed by atoms with van der Waals surface area (Å²) in [7, 11) is 0. The van der Waals surface area contributed by atoms with Crippen molar-refractivity contribution in [2.45, 2.75) is 18.9 Å². The molecule has 5 rings (SSSR count). The number of anilines is 2. The Kier molecular flexibility index (Phi) is 3.71. The normalized spacial score (nSPS) is 17.6. The lowest BCUT2D eigenvalue weighted by Gasteiger charge is -2.22. The van der Waals surface area contributed by atoms with Crippen LogP contribution in [0.1, 0.15) is 12.8 Å². The fourth-order valence-electron chi connectivity index (χ4n) is 3.23. The number of hydrogen-bond acceptors (Lipinski definition) is 6. The smallest absolute Gasteiger partial charge is 0.178 e. The van der Waals surface area contributed by atoms with Gasteiger partial charge in [-0.2, -0.15) is 5.10 Å². The third-order valence-electron chi connectivity index (χ3n) is 4.54. The van der Waals surface area contributed by atoms with Crippen molar-refractivity contribution in [3.63, 3.8) is 0 Å². The van der Waals surface area contributed by atoms with E-state index in [-0.39, 0.29) is 6.10 Å². The molecule has 0 amide bonds. The van der Waals surface area contributed by atoms with Crippen LogP contribution in [0.4, 0.5) is 11.5 Å². The lowest BCUT2D eigenvalue weighted by Crippen LogP contribution is -2.27. The molecule has 3 aromatic heterocycles. The van der Waals surface area contributed by atoms with Gasteiger partial charge >= 0.3 is 0 Å². The summed E-state index contributed by atoms with van der Waals surface area (Å²) in [5, 5.41) is 11.5. The van der Waals surface area contributed by atoms with E-state index in [1.54, 1.807) is 12.5 Å². The number of furan rings is 1. The average Bonchev–Trinajstić information content (AvgIpc) is 3.27. The van der Waals surface area contributed by atoms with Crippen LogP contribution in [0.2, 0.25) is 0 Å². The first-order valence-corrected chi connectivity index (χ1v) is 8.68. The van der Waals surface area contributed by atoms with Crippen LogP contribution < -0.4 is 10.1 Å². The molecule has 0 spiro atoms. The number of ether oxygens (including phenoxy) is 2. The van der Waals surface area contributed by atoms with Crippen LogP contribution in [-0.2, 0) is 4.74 Å². The maximum absolute atomic E-state index is 6.05. The van der Waals surface area contributed by atoms with E-state index in [9.17, 15) is 0 Å². The zero-order valence-corrected chi connectivity index (χ0v) is 14.1. The predicted octanol–water partition coefficient (Wildman–Crippen LogP) is 4.01. The van der Waals surface area contributed by atoms with Gasteiger partial charge in [-0.3, -0.25) is 10.1 Å². The van der Waals surface area contributed by atoms with Crippen molar-refractivity contribution in [3.8, 4) is 5.75 Å². The van der Waals surface area contributed by atoms with Crippen molar-refractivity contribution in [1.82, 2.24) is 15.2 Å². The number of H-pyrrole nitrogens is 1. The molecule has 1 atom stereocenters. The minimum atomic E-state index is 0.0869. The molecule has 1 unspecified atom stereocenters. The van der Waals surface area contributed by atoms with E-state index in [0.717, 1.165) is 52.9 Å². The van der Waals surface area contributed by atoms with E-state index in [1.165, 1.54) is 0 Å². The summed E-state index contributed by atoms with van der Waals surface area (Å²) in [5.41, 5.74) is 3.32. The molecule has 7 heteroatoms. The van der Waals surface area contributed by atoms with E-state index in [1.807, 2.05) is 30.3 Å². The molecule has 7 nitrogen and oxygen atoms in total. The molecule has 4 aromatic rings. The summed E-state index contributed by atoms with van der Waals surface area (Å²) in [6.45, 7) is 1.45. The summed E-state index contributed by atoms with van der Waals surface area (Å²) in [4.78, 5) is 4.36. The lowest BCUT2D eigenvalue weighted by molar-refractivity contribution is 0.00774. The summed E-state index contributed by atoms with van der Waals surface area (Å²) in [5.74, 6) is 1.44.